The SMILES string of the molecule is CCNC(=NCC1(CN2CCOCC2)CCCCC1)NCC1(SC)CCOCC1.I. The van der Waals surface area contributed by atoms with E-state index in [4.69, 9.17) is 14.5 Å². The molecule has 0 unspecified atom stereocenters. The quantitative estimate of drug-likeness (QED) is 0.273. The maximum atomic E-state index is 5.59. The van der Waals surface area contributed by atoms with E-state index in [1.165, 1.54) is 38.6 Å². The molecule has 2 N–H and O–H groups in total. The molecule has 0 aromatic carbocycles. The summed E-state index contributed by atoms with van der Waals surface area (Å²) in [5.41, 5.74) is 0.327. The molecule has 2 saturated heterocycles. The van der Waals surface area contributed by atoms with Gasteiger partial charge in [-0.05, 0) is 38.9 Å². The molecular formula is C22H43IN4O2S. The van der Waals surface area contributed by atoms with Crippen LogP contribution in [0.3, 0.4) is 0 Å². The number of guanidine groups is 1. The summed E-state index contributed by atoms with van der Waals surface area (Å²) in [4.78, 5) is 7.73. The second-order valence-corrected chi connectivity index (χ2v) is 10.3. The highest BCUT2D eigenvalue weighted by atomic mass is 127. The first-order chi connectivity index (χ1) is 14.2. The number of halogens is 1. The lowest BCUT2D eigenvalue weighted by Crippen LogP contribution is -2.49. The molecule has 0 atom stereocenters. The first kappa shape index (κ1) is 26.5. The number of nitrogens with zero attached hydrogens (tertiary/aromatic N) is 2. The van der Waals surface area contributed by atoms with Gasteiger partial charge in [0.05, 0.1) is 13.2 Å². The normalized spacial score (nSPS) is 24.7. The van der Waals surface area contributed by atoms with Crippen LogP contribution in [-0.2, 0) is 9.47 Å². The van der Waals surface area contributed by atoms with Gasteiger partial charge in [0.2, 0.25) is 0 Å². The third-order valence-corrected chi connectivity index (χ3v) is 8.33. The van der Waals surface area contributed by atoms with Crippen molar-refractivity contribution in [3.63, 3.8) is 0 Å². The summed E-state index contributed by atoms with van der Waals surface area (Å²) in [6.45, 7) is 11.8. The molecule has 30 heavy (non-hydrogen) atoms. The van der Waals surface area contributed by atoms with Crippen molar-refractivity contribution in [3.05, 3.63) is 0 Å². The molecule has 2 heterocycles. The first-order valence-electron chi connectivity index (χ1n) is 11.6. The molecular weight excluding hydrogens is 511 g/mol. The average Bonchev–Trinajstić information content (AvgIpc) is 2.78. The monoisotopic (exact) mass is 554 g/mol. The van der Waals surface area contributed by atoms with E-state index in [9.17, 15) is 0 Å². The number of rotatable bonds is 8. The number of hydrogen-bond acceptors (Lipinski definition) is 5. The number of hydrogen-bond donors (Lipinski definition) is 2. The van der Waals surface area contributed by atoms with Crippen molar-refractivity contribution in [3.8, 4) is 0 Å². The Morgan fingerprint density at radius 3 is 2.27 bits per heavy atom. The summed E-state index contributed by atoms with van der Waals surface area (Å²) in [7, 11) is 0. The van der Waals surface area contributed by atoms with Crippen LogP contribution in [0, 0.1) is 5.41 Å². The van der Waals surface area contributed by atoms with Crippen molar-refractivity contribution in [1.29, 1.82) is 0 Å². The summed E-state index contributed by atoms with van der Waals surface area (Å²) >= 11 is 1.98. The Hall–Kier alpha value is 0.230. The number of morpholine rings is 1. The molecule has 0 aromatic heterocycles. The molecule has 6 nitrogen and oxygen atoms in total. The van der Waals surface area contributed by atoms with E-state index in [2.05, 4.69) is 28.7 Å². The topological polar surface area (TPSA) is 58.1 Å². The van der Waals surface area contributed by atoms with Crippen LogP contribution in [0.2, 0.25) is 0 Å². The number of thioether (sulfide) groups is 1. The summed E-state index contributed by atoms with van der Waals surface area (Å²) in [6, 6.07) is 0. The van der Waals surface area contributed by atoms with Crippen LogP contribution in [0.1, 0.15) is 51.9 Å². The minimum atomic E-state index is 0. The fourth-order valence-corrected chi connectivity index (χ4v) is 5.72. The zero-order valence-electron chi connectivity index (χ0n) is 19.0. The number of ether oxygens (including phenoxy) is 2. The van der Waals surface area contributed by atoms with Gasteiger partial charge in [0.1, 0.15) is 0 Å². The summed E-state index contributed by atoms with van der Waals surface area (Å²) in [6.07, 6.45) is 11.1. The molecule has 2 aliphatic heterocycles. The molecule has 0 spiro atoms. The van der Waals surface area contributed by atoms with E-state index in [1.54, 1.807) is 0 Å². The number of aliphatic imine (C=N–C) groups is 1. The van der Waals surface area contributed by atoms with Gasteiger partial charge < -0.3 is 20.1 Å². The fourth-order valence-electron chi connectivity index (χ4n) is 4.93. The maximum Gasteiger partial charge on any atom is 0.191 e. The van der Waals surface area contributed by atoms with E-state index in [1.807, 2.05) is 11.8 Å². The highest BCUT2D eigenvalue weighted by Crippen LogP contribution is 2.38. The van der Waals surface area contributed by atoms with Crippen molar-refractivity contribution in [2.75, 3.05) is 72.0 Å². The lowest BCUT2D eigenvalue weighted by molar-refractivity contribution is 0.00937. The van der Waals surface area contributed by atoms with E-state index in [-0.39, 0.29) is 28.7 Å². The van der Waals surface area contributed by atoms with Gasteiger partial charge in [-0.2, -0.15) is 11.8 Å². The van der Waals surface area contributed by atoms with Gasteiger partial charge in [-0.1, -0.05) is 19.3 Å². The summed E-state index contributed by atoms with van der Waals surface area (Å²) < 4.78 is 11.4. The summed E-state index contributed by atoms with van der Waals surface area (Å²) in [5.74, 6) is 0.986. The Kier molecular flexibility index (Phi) is 12.1. The molecule has 0 aromatic rings. The van der Waals surface area contributed by atoms with Crippen LogP contribution >= 0.6 is 35.7 Å². The largest absolute Gasteiger partial charge is 0.381 e. The molecule has 176 valence electrons. The van der Waals surface area contributed by atoms with Gasteiger partial charge in [-0.25, -0.2) is 0 Å². The second-order valence-electron chi connectivity index (χ2n) is 9.00. The molecule has 8 heteroatoms. The van der Waals surface area contributed by atoms with Crippen LogP contribution in [0.15, 0.2) is 4.99 Å². The molecule has 0 amide bonds. The van der Waals surface area contributed by atoms with Crippen LogP contribution in [-0.4, -0.2) is 87.6 Å². The zero-order valence-corrected chi connectivity index (χ0v) is 22.2. The van der Waals surface area contributed by atoms with E-state index >= 15 is 0 Å². The van der Waals surface area contributed by atoms with Crippen LogP contribution in [0.25, 0.3) is 0 Å². The van der Waals surface area contributed by atoms with Crippen LogP contribution in [0.5, 0.6) is 0 Å². The van der Waals surface area contributed by atoms with Gasteiger partial charge >= 0.3 is 0 Å². The van der Waals surface area contributed by atoms with Crippen molar-refractivity contribution < 1.29 is 9.47 Å². The first-order valence-corrected chi connectivity index (χ1v) is 12.9. The lowest BCUT2D eigenvalue weighted by Gasteiger charge is -2.41. The smallest absolute Gasteiger partial charge is 0.191 e. The Labute approximate surface area is 205 Å². The van der Waals surface area contributed by atoms with Crippen molar-refractivity contribution in [2.24, 2.45) is 10.4 Å². The molecule has 1 aliphatic carbocycles. The molecule has 0 bridgehead atoms. The van der Waals surface area contributed by atoms with Gasteiger partial charge in [0, 0.05) is 62.6 Å². The molecule has 3 fully saturated rings. The average molecular weight is 555 g/mol. The van der Waals surface area contributed by atoms with Gasteiger partial charge in [-0.15, -0.1) is 24.0 Å². The molecule has 3 aliphatic rings. The highest BCUT2D eigenvalue weighted by molar-refractivity contribution is 14.0. The number of nitrogens with one attached hydrogen (secondary N) is 2. The van der Waals surface area contributed by atoms with Gasteiger partial charge in [0.15, 0.2) is 5.96 Å². The highest BCUT2D eigenvalue weighted by Gasteiger charge is 2.35. The standard InChI is InChI=1S/C22H42N4O2S.HI/c1-3-23-20(25-18-22(29-2)9-13-27-14-10-22)24-17-21(7-5-4-6-8-21)19-26-11-15-28-16-12-26;/h3-19H2,1-2H3,(H2,23,24,25);1H. The van der Waals surface area contributed by atoms with Crippen LogP contribution in [0.4, 0.5) is 0 Å². The zero-order chi connectivity index (χ0) is 20.4. The predicted octanol–water partition coefficient (Wildman–Crippen LogP) is 3.35. The Morgan fingerprint density at radius 1 is 0.967 bits per heavy atom. The van der Waals surface area contributed by atoms with Crippen molar-refractivity contribution in [1.82, 2.24) is 15.5 Å². The lowest BCUT2D eigenvalue weighted by atomic mass is 9.73. The predicted molar refractivity (Wildman–Crippen MR) is 138 cm³/mol. The second kappa shape index (κ2) is 13.7. The van der Waals surface area contributed by atoms with Gasteiger partial charge in [-0.3, -0.25) is 9.89 Å². The minimum absolute atomic E-state index is 0. The van der Waals surface area contributed by atoms with E-state index in [0.29, 0.717) is 5.41 Å². The maximum absolute atomic E-state index is 5.59. The third kappa shape index (κ3) is 7.98. The minimum Gasteiger partial charge on any atom is -0.381 e. The third-order valence-electron chi connectivity index (χ3n) is 6.91. The van der Waals surface area contributed by atoms with Gasteiger partial charge in [0.25, 0.3) is 0 Å². The molecule has 3 rings (SSSR count). The van der Waals surface area contributed by atoms with E-state index in [0.717, 1.165) is 78.0 Å². The fraction of sp³-hybridized carbons (Fsp3) is 0.955. The molecule has 0 radical (unpaired) electrons. The van der Waals surface area contributed by atoms with Crippen molar-refractivity contribution in [2.45, 2.75) is 56.6 Å². The Bertz CT molecular complexity index is 505. The Balaban J connectivity index is 0.00000320. The van der Waals surface area contributed by atoms with E-state index < -0.39 is 0 Å². The molecule has 1 saturated carbocycles. The Morgan fingerprint density at radius 2 is 1.63 bits per heavy atom. The summed E-state index contributed by atoms with van der Waals surface area (Å²) in [5, 5.41) is 7.16. The van der Waals surface area contributed by atoms with Crippen LogP contribution < -0.4 is 10.6 Å². The van der Waals surface area contributed by atoms with Crippen molar-refractivity contribution >= 4 is 41.7 Å².